The molecule has 2 aromatic heterocycles. The molecule has 0 saturated heterocycles. The maximum Gasteiger partial charge on any atom is 0.328 e. The van der Waals surface area contributed by atoms with E-state index >= 15 is 0 Å². The lowest BCUT2D eigenvalue weighted by atomic mass is 10.2. The van der Waals surface area contributed by atoms with Crippen LogP contribution in [0.4, 0.5) is 0 Å². The predicted molar refractivity (Wildman–Crippen MR) is 81.0 cm³/mol. The van der Waals surface area contributed by atoms with Crippen molar-refractivity contribution in [2.24, 2.45) is 0 Å². The summed E-state index contributed by atoms with van der Waals surface area (Å²) in [6, 6.07) is 7.61. The van der Waals surface area contributed by atoms with E-state index in [-0.39, 0.29) is 0 Å². The van der Waals surface area contributed by atoms with Crippen LogP contribution in [0.3, 0.4) is 0 Å². The van der Waals surface area contributed by atoms with Crippen molar-refractivity contribution < 1.29 is 14.6 Å². The number of aromatic nitrogens is 2. The predicted octanol–water partition coefficient (Wildman–Crippen LogP) is 3.59. The lowest BCUT2D eigenvalue weighted by Gasteiger charge is -2.04. The molecule has 0 spiro atoms. The molecule has 2 heterocycles. The minimum absolute atomic E-state index is 0.393. The maximum atomic E-state index is 10.7. The van der Waals surface area contributed by atoms with E-state index in [9.17, 15) is 4.79 Å². The zero-order chi connectivity index (χ0) is 14.8. The molecular weight excluding hydrogens is 288 g/mol. The van der Waals surface area contributed by atoms with Crippen molar-refractivity contribution in [1.29, 1.82) is 0 Å². The Hall–Kier alpha value is -2.60. The highest BCUT2D eigenvalue weighted by atomic mass is 32.1. The maximum absolute atomic E-state index is 10.7. The summed E-state index contributed by atoms with van der Waals surface area (Å²) in [4.78, 5) is 15.9. The highest BCUT2D eigenvalue weighted by molar-refractivity contribution is 7.15. The molecule has 21 heavy (non-hydrogen) atoms. The van der Waals surface area contributed by atoms with Crippen LogP contribution >= 0.6 is 11.3 Å². The van der Waals surface area contributed by atoms with Crippen LogP contribution in [0.25, 0.3) is 11.0 Å². The Bertz CT molecular complexity index is 832. The molecule has 0 atom stereocenters. The lowest BCUT2D eigenvalue weighted by molar-refractivity contribution is -0.131. The SMILES string of the molecule is Cc1cccc(Oc2nc3sccn3c2/C=C/C(=O)O)c1. The molecule has 0 aliphatic rings. The van der Waals surface area contributed by atoms with E-state index < -0.39 is 5.97 Å². The molecular formula is C15H12N2O3S. The number of nitrogens with zero attached hydrogens (tertiary/aromatic N) is 2. The van der Waals surface area contributed by atoms with E-state index in [1.807, 2.05) is 42.8 Å². The number of aryl methyl sites for hydroxylation is 1. The molecule has 3 rings (SSSR count). The van der Waals surface area contributed by atoms with E-state index in [2.05, 4.69) is 4.98 Å². The van der Waals surface area contributed by atoms with Gasteiger partial charge in [-0.3, -0.25) is 4.40 Å². The van der Waals surface area contributed by atoms with Gasteiger partial charge >= 0.3 is 5.97 Å². The first-order chi connectivity index (χ1) is 10.1. The number of benzene rings is 1. The van der Waals surface area contributed by atoms with Crippen LogP contribution in [0.1, 0.15) is 11.3 Å². The molecule has 0 fully saturated rings. The van der Waals surface area contributed by atoms with E-state index in [1.54, 1.807) is 4.40 Å². The monoisotopic (exact) mass is 300 g/mol. The number of hydrogen-bond acceptors (Lipinski definition) is 4. The third-order valence-electron chi connectivity index (χ3n) is 2.85. The van der Waals surface area contributed by atoms with E-state index in [0.717, 1.165) is 16.6 Å². The van der Waals surface area contributed by atoms with Crippen LogP contribution in [0.15, 0.2) is 41.9 Å². The van der Waals surface area contributed by atoms with Crippen LogP contribution in [0.2, 0.25) is 0 Å². The molecule has 0 saturated carbocycles. The van der Waals surface area contributed by atoms with Gasteiger partial charge < -0.3 is 9.84 Å². The molecule has 0 bridgehead atoms. The van der Waals surface area contributed by atoms with Gasteiger partial charge in [0, 0.05) is 17.7 Å². The Balaban J connectivity index is 2.03. The summed E-state index contributed by atoms with van der Waals surface area (Å²) < 4.78 is 7.60. The number of fused-ring (bicyclic) bond motifs is 1. The molecule has 5 nitrogen and oxygen atoms in total. The van der Waals surface area contributed by atoms with Crippen molar-refractivity contribution in [2.45, 2.75) is 6.92 Å². The second kappa shape index (κ2) is 5.41. The van der Waals surface area contributed by atoms with Crippen LogP contribution in [-0.2, 0) is 4.79 Å². The van der Waals surface area contributed by atoms with Gasteiger partial charge in [0.15, 0.2) is 4.96 Å². The molecule has 3 aromatic rings. The summed E-state index contributed by atoms with van der Waals surface area (Å²) in [7, 11) is 0. The minimum Gasteiger partial charge on any atom is -0.478 e. The quantitative estimate of drug-likeness (QED) is 0.748. The molecule has 0 aliphatic heterocycles. The number of rotatable bonds is 4. The number of aliphatic carboxylic acids is 1. The average Bonchev–Trinajstić information content (AvgIpc) is 2.97. The van der Waals surface area contributed by atoms with E-state index in [0.29, 0.717) is 17.3 Å². The largest absolute Gasteiger partial charge is 0.478 e. The summed E-state index contributed by atoms with van der Waals surface area (Å²) in [5, 5.41) is 10.7. The summed E-state index contributed by atoms with van der Waals surface area (Å²) in [5.41, 5.74) is 1.69. The normalized spacial score (nSPS) is 11.3. The number of hydrogen-bond donors (Lipinski definition) is 1. The average molecular weight is 300 g/mol. The third-order valence-corrected chi connectivity index (χ3v) is 3.61. The van der Waals surface area contributed by atoms with Gasteiger partial charge in [0.05, 0.1) is 0 Å². The highest BCUT2D eigenvalue weighted by Gasteiger charge is 2.13. The molecule has 0 unspecified atom stereocenters. The van der Waals surface area contributed by atoms with Gasteiger partial charge in [-0.25, -0.2) is 4.79 Å². The first kappa shape index (κ1) is 13.4. The molecule has 1 aromatic carbocycles. The summed E-state index contributed by atoms with van der Waals surface area (Å²) in [6.07, 6.45) is 4.39. The molecule has 0 amide bonds. The fourth-order valence-corrected chi connectivity index (χ4v) is 2.66. The number of imidazole rings is 1. The van der Waals surface area contributed by atoms with Crippen molar-refractivity contribution in [1.82, 2.24) is 9.38 Å². The second-order valence-electron chi connectivity index (χ2n) is 4.45. The second-order valence-corrected chi connectivity index (χ2v) is 5.32. The zero-order valence-electron chi connectivity index (χ0n) is 11.2. The van der Waals surface area contributed by atoms with Crippen LogP contribution in [0, 0.1) is 6.92 Å². The Labute approximate surface area is 124 Å². The molecule has 0 aliphatic carbocycles. The Morgan fingerprint density at radius 1 is 1.48 bits per heavy atom. The number of carboxylic acids is 1. The van der Waals surface area contributed by atoms with Crippen LogP contribution < -0.4 is 4.74 Å². The third kappa shape index (κ3) is 2.80. The van der Waals surface area contributed by atoms with Gasteiger partial charge in [0.25, 0.3) is 0 Å². The fraction of sp³-hybridized carbons (Fsp3) is 0.0667. The van der Waals surface area contributed by atoms with Gasteiger partial charge in [-0.15, -0.1) is 11.3 Å². The van der Waals surface area contributed by atoms with Gasteiger partial charge in [-0.05, 0) is 30.7 Å². The molecule has 0 radical (unpaired) electrons. The van der Waals surface area contributed by atoms with Crippen molar-refractivity contribution in [3.63, 3.8) is 0 Å². The van der Waals surface area contributed by atoms with Crippen molar-refractivity contribution in [2.75, 3.05) is 0 Å². The smallest absolute Gasteiger partial charge is 0.328 e. The summed E-state index contributed by atoms with van der Waals surface area (Å²) in [5.74, 6) is 0.0531. The topological polar surface area (TPSA) is 63.8 Å². The number of carboxylic acid groups (broad SMARTS) is 1. The van der Waals surface area contributed by atoms with E-state index in [1.165, 1.54) is 17.4 Å². The standard InChI is InChI=1S/C15H12N2O3S/c1-10-3-2-4-11(9-10)20-14-12(5-6-13(18)19)17-7-8-21-15(17)16-14/h2-9H,1H3,(H,18,19)/b6-5+. The first-order valence-electron chi connectivity index (χ1n) is 6.24. The molecule has 106 valence electrons. The summed E-state index contributed by atoms with van der Waals surface area (Å²) >= 11 is 1.46. The fourth-order valence-electron chi connectivity index (χ4n) is 1.95. The van der Waals surface area contributed by atoms with E-state index in [4.69, 9.17) is 9.84 Å². The minimum atomic E-state index is -1.01. The number of carbonyl (C=O) groups is 1. The van der Waals surface area contributed by atoms with Gasteiger partial charge in [0.2, 0.25) is 5.88 Å². The van der Waals surface area contributed by atoms with Crippen molar-refractivity contribution in [3.05, 3.63) is 53.2 Å². The van der Waals surface area contributed by atoms with Crippen molar-refractivity contribution >= 4 is 28.3 Å². The van der Waals surface area contributed by atoms with Gasteiger partial charge in [-0.1, -0.05) is 12.1 Å². The van der Waals surface area contributed by atoms with Crippen LogP contribution in [0.5, 0.6) is 11.6 Å². The summed E-state index contributed by atoms with van der Waals surface area (Å²) in [6.45, 7) is 1.98. The van der Waals surface area contributed by atoms with Gasteiger partial charge in [-0.2, -0.15) is 4.98 Å². The van der Waals surface area contributed by atoms with Crippen molar-refractivity contribution in [3.8, 4) is 11.6 Å². The van der Waals surface area contributed by atoms with Crippen LogP contribution in [-0.4, -0.2) is 20.5 Å². The first-order valence-corrected chi connectivity index (χ1v) is 7.12. The Morgan fingerprint density at radius 3 is 3.10 bits per heavy atom. The Morgan fingerprint density at radius 2 is 2.33 bits per heavy atom. The van der Waals surface area contributed by atoms with Gasteiger partial charge in [0.1, 0.15) is 11.4 Å². The Kier molecular flexibility index (Phi) is 3.45. The molecule has 6 heteroatoms. The number of ether oxygens (including phenoxy) is 1. The zero-order valence-corrected chi connectivity index (χ0v) is 12.0. The highest BCUT2D eigenvalue weighted by Crippen LogP contribution is 2.29. The lowest BCUT2D eigenvalue weighted by Crippen LogP contribution is -1.91. The number of thiazole rings is 1. The molecule has 1 N–H and O–H groups in total.